The lowest BCUT2D eigenvalue weighted by molar-refractivity contribution is 0.222. The van der Waals surface area contributed by atoms with Gasteiger partial charge in [0.1, 0.15) is 17.7 Å². The number of aromatic nitrogens is 1. The van der Waals surface area contributed by atoms with Crippen LogP contribution in [0.4, 0.5) is 5.82 Å². The molecule has 1 aliphatic heterocycles. The largest absolute Gasteiger partial charge is 0.490 e. The van der Waals surface area contributed by atoms with Gasteiger partial charge in [-0.3, -0.25) is 0 Å². The zero-order valence-corrected chi connectivity index (χ0v) is 10.2. The van der Waals surface area contributed by atoms with E-state index in [0.717, 1.165) is 30.6 Å². The van der Waals surface area contributed by atoms with Crippen molar-refractivity contribution in [3.05, 3.63) is 53.7 Å². The Morgan fingerprint density at radius 3 is 2.94 bits per heavy atom. The van der Waals surface area contributed by atoms with Gasteiger partial charge < -0.3 is 10.5 Å². The Labute approximate surface area is 107 Å². The van der Waals surface area contributed by atoms with Crippen LogP contribution in [0.15, 0.2) is 42.6 Å². The molecule has 0 saturated carbocycles. The maximum absolute atomic E-state index is 5.91. The third-order valence-corrected chi connectivity index (χ3v) is 3.38. The second kappa shape index (κ2) is 4.69. The molecule has 1 aliphatic rings. The second-order valence-electron chi connectivity index (χ2n) is 4.64. The van der Waals surface area contributed by atoms with Crippen molar-refractivity contribution in [3.8, 4) is 5.75 Å². The normalized spacial score (nSPS) is 17.2. The van der Waals surface area contributed by atoms with Crippen molar-refractivity contribution < 1.29 is 4.74 Å². The quantitative estimate of drug-likeness (QED) is 0.897. The first kappa shape index (κ1) is 11.1. The van der Waals surface area contributed by atoms with E-state index in [2.05, 4.69) is 17.1 Å². The molecule has 2 aromatic rings. The summed E-state index contributed by atoms with van der Waals surface area (Å²) in [5.74, 6) is 1.66. The molecule has 2 N–H and O–H groups in total. The van der Waals surface area contributed by atoms with E-state index in [4.69, 9.17) is 10.5 Å². The Morgan fingerprint density at radius 2 is 2.11 bits per heavy atom. The lowest BCUT2D eigenvalue weighted by Gasteiger charge is -2.11. The molecule has 0 fully saturated rings. The molecule has 0 amide bonds. The number of nitrogen functional groups attached to an aromatic ring is 1. The molecule has 0 radical (unpaired) electrons. The van der Waals surface area contributed by atoms with Crippen molar-refractivity contribution in [3.63, 3.8) is 0 Å². The fourth-order valence-electron chi connectivity index (χ4n) is 2.39. The highest BCUT2D eigenvalue weighted by Crippen LogP contribution is 2.30. The van der Waals surface area contributed by atoms with E-state index in [0.29, 0.717) is 5.82 Å². The lowest BCUT2D eigenvalue weighted by atomic mass is 10.0. The van der Waals surface area contributed by atoms with Crippen LogP contribution in [0.25, 0.3) is 0 Å². The predicted molar refractivity (Wildman–Crippen MR) is 71.5 cm³/mol. The Kier molecular flexibility index (Phi) is 2.89. The molecule has 2 heterocycles. The summed E-state index contributed by atoms with van der Waals surface area (Å²) in [5.41, 5.74) is 8.25. The van der Waals surface area contributed by atoms with Gasteiger partial charge in [-0.25, -0.2) is 4.98 Å². The van der Waals surface area contributed by atoms with Gasteiger partial charge in [0, 0.05) is 12.6 Å². The Bertz CT molecular complexity index is 529. The number of para-hydroxylation sites is 1. The van der Waals surface area contributed by atoms with Gasteiger partial charge in [-0.2, -0.15) is 0 Å². The Hall–Kier alpha value is -2.03. The Balaban J connectivity index is 1.62. The number of nitrogens with zero attached hydrogens (tertiary/aromatic N) is 1. The number of nitrogens with two attached hydrogens (primary N) is 1. The van der Waals surface area contributed by atoms with Crippen molar-refractivity contribution in [1.82, 2.24) is 4.98 Å². The average molecular weight is 240 g/mol. The number of fused-ring (bicyclic) bond motifs is 1. The van der Waals surface area contributed by atoms with Gasteiger partial charge in [-0.15, -0.1) is 0 Å². The number of hydrogen-bond donors (Lipinski definition) is 1. The molecular weight excluding hydrogens is 224 g/mol. The summed E-state index contributed by atoms with van der Waals surface area (Å²) in [5, 5.41) is 0. The standard InChI is InChI=1S/C15H16N2O/c16-15-11(5-3-9-17-15)7-8-13-10-12-4-1-2-6-14(12)18-13/h1-6,9,13H,7-8,10H2,(H2,16,17). The topological polar surface area (TPSA) is 48.1 Å². The van der Waals surface area contributed by atoms with Crippen LogP contribution in [0.3, 0.4) is 0 Å². The molecule has 1 unspecified atom stereocenters. The van der Waals surface area contributed by atoms with Crippen LogP contribution in [-0.2, 0) is 12.8 Å². The average Bonchev–Trinajstić information content (AvgIpc) is 2.80. The van der Waals surface area contributed by atoms with Crippen LogP contribution >= 0.6 is 0 Å². The minimum Gasteiger partial charge on any atom is -0.490 e. The lowest BCUT2D eigenvalue weighted by Crippen LogP contribution is -2.14. The zero-order chi connectivity index (χ0) is 12.4. The third kappa shape index (κ3) is 2.16. The van der Waals surface area contributed by atoms with Crippen LogP contribution in [0.5, 0.6) is 5.75 Å². The fourth-order valence-corrected chi connectivity index (χ4v) is 2.39. The summed E-state index contributed by atoms with van der Waals surface area (Å²) in [7, 11) is 0. The predicted octanol–water partition coefficient (Wildman–Crippen LogP) is 2.60. The van der Waals surface area contributed by atoms with Crippen LogP contribution in [0.2, 0.25) is 0 Å². The highest BCUT2D eigenvalue weighted by Gasteiger charge is 2.22. The summed E-state index contributed by atoms with van der Waals surface area (Å²) in [6, 6.07) is 12.2. The Morgan fingerprint density at radius 1 is 1.22 bits per heavy atom. The van der Waals surface area contributed by atoms with E-state index in [-0.39, 0.29) is 6.10 Å². The second-order valence-corrected chi connectivity index (χ2v) is 4.64. The molecule has 92 valence electrons. The van der Waals surface area contributed by atoms with Gasteiger partial charge in [-0.05, 0) is 36.1 Å². The van der Waals surface area contributed by atoms with E-state index in [1.807, 2.05) is 24.3 Å². The molecule has 1 atom stereocenters. The number of anilines is 1. The molecule has 3 rings (SSSR count). The van der Waals surface area contributed by atoms with Crippen LogP contribution in [0.1, 0.15) is 17.5 Å². The molecule has 0 spiro atoms. The van der Waals surface area contributed by atoms with E-state index < -0.39 is 0 Å². The minimum atomic E-state index is 0.266. The zero-order valence-electron chi connectivity index (χ0n) is 10.2. The van der Waals surface area contributed by atoms with Gasteiger partial charge in [0.2, 0.25) is 0 Å². The molecule has 18 heavy (non-hydrogen) atoms. The van der Waals surface area contributed by atoms with Crippen molar-refractivity contribution in [2.75, 3.05) is 5.73 Å². The van der Waals surface area contributed by atoms with E-state index in [9.17, 15) is 0 Å². The van der Waals surface area contributed by atoms with E-state index in [1.165, 1.54) is 5.56 Å². The van der Waals surface area contributed by atoms with E-state index >= 15 is 0 Å². The van der Waals surface area contributed by atoms with Crippen molar-refractivity contribution in [1.29, 1.82) is 0 Å². The number of ether oxygens (including phenoxy) is 1. The first-order chi connectivity index (χ1) is 8.83. The number of benzene rings is 1. The molecule has 3 heteroatoms. The highest BCUT2D eigenvalue weighted by atomic mass is 16.5. The van der Waals surface area contributed by atoms with Crippen molar-refractivity contribution in [2.45, 2.75) is 25.4 Å². The summed E-state index contributed by atoms with van der Waals surface area (Å²) < 4.78 is 5.91. The molecule has 3 nitrogen and oxygen atoms in total. The highest BCUT2D eigenvalue weighted by molar-refractivity contribution is 5.39. The number of pyridine rings is 1. The van der Waals surface area contributed by atoms with Crippen LogP contribution < -0.4 is 10.5 Å². The molecule has 1 aromatic carbocycles. The number of rotatable bonds is 3. The summed E-state index contributed by atoms with van der Waals surface area (Å²) in [6.45, 7) is 0. The van der Waals surface area contributed by atoms with Crippen LogP contribution in [0, 0.1) is 0 Å². The molecule has 1 aromatic heterocycles. The van der Waals surface area contributed by atoms with Gasteiger partial charge in [0.25, 0.3) is 0 Å². The number of aryl methyl sites for hydroxylation is 1. The van der Waals surface area contributed by atoms with Crippen LogP contribution in [-0.4, -0.2) is 11.1 Å². The smallest absolute Gasteiger partial charge is 0.126 e. The van der Waals surface area contributed by atoms with Crippen molar-refractivity contribution >= 4 is 5.82 Å². The molecule has 0 bridgehead atoms. The van der Waals surface area contributed by atoms with Gasteiger partial charge in [-0.1, -0.05) is 24.3 Å². The maximum atomic E-state index is 5.91. The van der Waals surface area contributed by atoms with Gasteiger partial charge >= 0.3 is 0 Å². The first-order valence-corrected chi connectivity index (χ1v) is 6.27. The molecular formula is C15H16N2O. The fraction of sp³-hybridized carbons (Fsp3) is 0.267. The summed E-state index contributed by atoms with van der Waals surface area (Å²) in [6.07, 6.45) is 4.88. The minimum absolute atomic E-state index is 0.266. The number of hydrogen-bond acceptors (Lipinski definition) is 3. The molecule has 0 saturated heterocycles. The summed E-state index contributed by atoms with van der Waals surface area (Å²) in [4.78, 5) is 4.10. The third-order valence-electron chi connectivity index (χ3n) is 3.38. The van der Waals surface area contributed by atoms with Gasteiger partial charge in [0.15, 0.2) is 0 Å². The van der Waals surface area contributed by atoms with Gasteiger partial charge in [0.05, 0.1) is 0 Å². The SMILES string of the molecule is Nc1ncccc1CCC1Cc2ccccc2O1. The van der Waals surface area contributed by atoms with Crippen molar-refractivity contribution in [2.24, 2.45) is 0 Å². The van der Waals surface area contributed by atoms with E-state index in [1.54, 1.807) is 6.20 Å². The first-order valence-electron chi connectivity index (χ1n) is 6.27. The molecule has 0 aliphatic carbocycles. The maximum Gasteiger partial charge on any atom is 0.126 e. The summed E-state index contributed by atoms with van der Waals surface area (Å²) >= 11 is 0. The monoisotopic (exact) mass is 240 g/mol.